The monoisotopic (exact) mass is 446 g/mol. The van der Waals surface area contributed by atoms with Crippen LogP contribution in [0, 0.1) is 0 Å². The first-order chi connectivity index (χ1) is 14.6. The molecular weight excluding hydrogens is 424 g/mol. The zero-order valence-corrected chi connectivity index (χ0v) is 18.4. The Kier molecular flexibility index (Phi) is 8.07. The van der Waals surface area contributed by atoms with Crippen molar-refractivity contribution in [2.45, 2.75) is 13.2 Å². The molecule has 3 rings (SSSR count). The Morgan fingerprint density at radius 1 is 1.13 bits per heavy atom. The van der Waals surface area contributed by atoms with Crippen LogP contribution in [0.3, 0.4) is 0 Å². The van der Waals surface area contributed by atoms with Gasteiger partial charge < -0.3 is 19.1 Å². The summed E-state index contributed by atoms with van der Waals surface area (Å²) in [4.78, 5) is 19.4. The van der Waals surface area contributed by atoms with E-state index in [1.54, 1.807) is 49.5 Å². The number of hydrogen-bond acceptors (Lipinski definition) is 6. The molecule has 0 fully saturated rings. The average molecular weight is 447 g/mol. The SMILES string of the molecule is COCCN(Cc1csc(COc2ccc(Cl)cc2)n1)C(=O)c1cccc(OC)c1. The first kappa shape index (κ1) is 22.1. The van der Waals surface area contributed by atoms with Gasteiger partial charge in [0.15, 0.2) is 0 Å². The Balaban J connectivity index is 1.65. The summed E-state index contributed by atoms with van der Waals surface area (Å²) in [5.41, 5.74) is 1.37. The molecule has 0 saturated carbocycles. The highest BCUT2D eigenvalue weighted by Crippen LogP contribution is 2.20. The van der Waals surface area contributed by atoms with E-state index in [-0.39, 0.29) is 5.91 Å². The lowest BCUT2D eigenvalue weighted by atomic mass is 10.2. The smallest absolute Gasteiger partial charge is 0.254 e. The second-order valence-corrected chi connectivity index (χ2v) is 7.81. The van der Waals surface area contributed by atoms with Crippen LogP contribution < -0.4 is 9.47 Å². The Labute approximate surface area is 185 Å². The number of carbonyl (C=O) groups is 1. The molecule has 0 spiro atoms. The molecule has 2 aromatic carbocycles. The van der Waals surface area contributed by atoms with Gasteiger partial charge in [0.2, 0.25) is 0 Å². The first-order valence-corrected chi connectivity index (χ1v) is 10.6. The van der Waals surface area contributed by atoms with Crippen LogP contribution in [0.2, 0.25) is 5.02 Å². The summed E-state index contributed by atoms with van der Waals surface area (Å²) in [7, 11) is 3.19. The van der Waals surface area contributed by atoms with Crippen molar-refractivity contribution >= 4 is 28.8 Å². The Morgan fingerprint density at radius 3 is 2.67 bits per heavy atom. The number of methoxy groups -OCH3 is 2. The van der Waals surface area contributed by atoms with E-state index in [0.29, 0.717) is 42.6 Å². The third kappa shape index (κ3) is 6.19. The van der Waals surface area contributed by atoms with Crippen LogP contribution in [-0.2, 0) is 17.9 Å². The number of benzene rings is 2. The molecule has 1 amide bonds. The van der Waals surface area contributed by atoms with Gasteiger partial charge in [-0.05, 0) is 42.5 Å². The molecule has 0 saturated heterocycles. The number of carbonyl (C=O) groups excluding carboxylic acids is 1. The summed E-state index contributed by atoms with van der Waals surface area (Å²) < 4.78 is 16.2. The summed E-state index contributed by atoms with van der Waals surface area (Å²) in [6.07, 6.45) is 0. The van der Waals surface area contributed by atoms with Gasteiger partial charge in [-0.2, -0.15) is 0 Å². The topological polar surface area (TPSA) is 60.9 Å². The molecule has 0 atom stereocenters. The molecular formula is C22H23ClN2O4S. The molecule has 0 N–H and O–H groups in total. The van der Waals surface area contributed by atoms with E-state index >= 15 is 0 Å². The minimum Gasteiger partial charge on any atom is -0.497 e. The van der Waals surface area contributed by atoms with Gasteiger partial charge in [0.05, 0.1) is 26.0 Å². The second-order valence-electron chi connectivity index (χ2n) is 6.43. The van der Waals surface area contributed by atoms with E-state index in [4.69, 9.17) is 25.8 Å². The Hall–Kier alpha value is -2.61. The van der Waals surface area contributed by atoms with Gasteiger partial charge in [-0.3, -0.25) is 4.79 Å². The quantitative estimate of drug-likeness (QED) is 0.452. The fourth-order valence-electron chi connectivity index (χ4n) is 2.75. The number of ether oxygens (including phenoxy) is 3. The summed E-state index contributed by atoms with van der Waals surface area (Å²) in [6.45, 7) is 1.64. The van der Waals surface area contributed by atoms with Gasteiger partial charge in [-0.1, -0.05) is 17.7 Å². The highest BCUT2D eigenvalue weighted by molar-refractivity contribution is 7.09. The molecule has 0 aliphatic heterocycles. The second kappa shape index (κ2) is 11.0. The number of halogens is 1. The summed E-state index contributed by atoms with van der Waals surface area (Å²) in [6, 6.07) is 14.3. The van der Waals surface area contributed by atoms with E-state index in [2.05, 4.69) is 4.98 Å². The molecule has 6 nitrogen and oxygen atoms in total. The fraction of sp³-hybridized carbons (Fsp3) is 0.273. The highest BCUT2D eigenvalue weighted by Gasteiger charge is 2.18. The van der Waals surface area contributed by atoms with Gasteiger partial charge in [0, 0.05) is 29.6 Å². The Morgan fingerprint density at radius 2 is 1.93 bits per heavy atom. The molecule has 0 unspecified atom stereocenters. The van der Waals surface area contributed by atoms with Crippen molar-refractivity contribution in [2.75, 3.05) is 27.4 Å². The molecule has 8 heteroatoms. The standard InChI is InChI=1S/C22H23ClN2O4S/c1-27-11-10-25(22(26)16-4-3-5-20(12-16)28-2)13-18-15-30-21(24-18)14-29-19-8-6-17(23)7-9-19/h3-9,12,15H,10-11,13-14H2,1-2H3. The van der Waals surface area contributed by atoms with E-state index in [1.807, 2.05) is 23.6 Å². The molecule has 3 aromatic rings. The van der Waals surface area contributed by atoms with Gasteiger partial charge in [-0.15, -0.1) is 11.3 Å². The summed E-state index contributed by atoms with van der Waals surface area (Å²) >= 11 is 7.39. The maximum absolute atomic E-state index is 13.0. The number of amides is 1. The van der Waals surface area contributed by atoms with E-state index in [0.717, 1.165) is 16.5 Å². The molecule has 158 valence electrons. The minimum atomic E-state index is -0.0992. The zero-order valence-electron chi connectivity index (χ0n) is 16.8. The Bertz CT molecular complexity index is 962. The third-order valence-corrected chi connectivity index (χ3v) is 5.42. The molecule has 0 aliphatic carbocycles. The van der Waals surface area contributed by atoms with Crippen LogP contribution in [0.4, 0.5) is 0 Å². The molecule has 0 aliphatic rings. The van der Waals surface area contributed by atoms with Crippen LogP contribution in [0.5, 0.6) is 11.5 Å². The van der Waals surface area contributed by atoms with E-state index in [1.165, 1.54) is 11.3 Å². The van der Waals surface area contributed by atoms with Gasteiger partial charge >= 0.3 is 0 Å². The normalized spacial score (nSPS) is 10.6. The van der Waals surface area contributed by atoms with Crippen LogP contribution in [-0.4, -0.2) is 43.2 Å². The van der Waals surface area contributed by atoms with Gasteiger partial charge in [0.1, 0.15) is 23.1 Å². The molecule has 0 bridgehead atoms. The number of nitrogens with zero attached hydrogens (tertiary/aromatic N) is 2. The lowest BCUT2D eigenvalue weighted by Gasteiger charge is -2.21. The predicted octanol–water partition coefficient (Wildman–Crippen LogP) is 4.67. The lowest BCUT2D eigenvalue weighted by Crippen LogP contribution is -2.33. The van der Waals surface area contributed by atoms with E-state index < -0.39 is 0 Å². The predicted molar refractivity (Wildman–Crippen MR) is 118 cm³/mol. The number of aromatic nitrogens is 1. The van der Waals surface area contributed by atoms with Crippen LogP contribution >= 0.6 is 22.9 Å². The third-order valence-electron chi connectivity index (χ3n) is 4.30. The maximum atomic E-state index is 13.0. The van der Waals surface area contributed by atoms with Crippen LogP contribution in [0.15, 0.2) is 53.9 Å². The van der Waals surface area contributed by atoms with Crippen molar-refractivity contribution in [3.05, 3.63) is 75.2 Å². The molecule has 1 heterocycles. The zero-order chi connectivity index (χ0) is 21.3. The van der Waals surface area contributed by atoms with Gasteiger partial charge in [0.25, 0.3) is 5.91 Å². The summed E-state index contributed by atoms with van der Waals surface area (Å²) in [5, 5.41) is 3.44. The minimum absolute atomic E-state index is 0.0992. The van der Waals surface area contributed by atoms with Gasteiger partial charge in [-0.25, -0.2) is 4.98 Å². The van der Waals surface area contributed by atoms with Crippen molar-refractivity contribution < 1.29 is 19.0 Å². The summed E-state index contributed by atoms with van der Waals surface area (Å²) in [5.74, 6) is 1.27. The van der Waals surface area contributed by atoms with E-state index in [9.17, 15) is 4.79 Å². The van der Waals surface area contributed by atoms with Crippen LogP contribution in [0.1, 0.15) is 21.1 Å². The lowest BCUT2D eigenvalue weighted by molar-refractivity contribution is 0.0678. The number of rotatable bonds is 10. The first-order valence-electron chi connectivity index (χ1n) is 9.33. The maximum Gasteiger partial charge on any atom is 0.254 e. The molecule has 0 radical (unpaired) electrons. The molecule has 30 heavy (non-hydrogen) atoms. The van der Waals surface area contributed by atoms with Crippen molar-refractivity contribution in [3.63, 3.8) is 0 Å². The van der Waals surface area contributed by atoms with Crippen molar-refractivity contribution in [1.29, 1.82) is 0 Å². The largest absolute Gasteiger partial charge is 0.497 e. The highest BCUT2D eigenvalue weighted by atomic mass is 35.5. The van der Waals surface area contributed by atoms with Crippen molar-refractivity contribution in [3.8, 4) is 11.5 Å². The van der Waals surface area contributed by atoms with Crippen molar-refractivity contribution in [1.82, 2.24) is 9.88 Å². The average Bonchev–Trinajstić information content (AvgIpc) is 3.23. The molecule has 1 aromatic heterocycles. The number of hydrogen-bond donors (Lipinski definition) is 0. The van der Waals surface area contributed by atoms with Crippen LogP contribution in [0.25, 0.3) is 0 Å². The number of thiazole rings is 1. The fourth-order valence-corrected chi connectivity index (χ4v) is 3.57. The van der Waals surface area contributed by atoms with Crippen molar-refractivity contribution in [2.24, 2.45) is 0 Å².